The minimum absolute atomic E-state index is 0.184. The van der Waals surface area contributed by atoms with Gasteiger partial charge in [-0.2, -0.15) is 10.5 Å². The summed E-state index contributed by atoms with van der Waals surface area (Å²) >= 11 is 2.72. The van der Waals surface area contributed by atoms with Gasteiger partial charge < -0.3 is 5.32 Å². The molecule has 22 heavy (non-hydrogen) atoms. The summed E-state index contributed by atoms with van der Waals surface area (Å²) in [5, 5.41) is 28.9. The van der Waals surface area contributed by atoms with E-state index < -0.39 is 0 Å². The Kier molecular flexibility index (Phi) is 6.13. The average Bonchev–Trinajstić information content (AvgIpc) is 2.97. The Morgan fingerprint density at radius 2 is 2.14 bits per heavy atom. The van der Waals surface area contributed by atoms with Crippen LogP contribution < -0.4 is 5.32 Å². The first-order valence-electron chi connectivity index (χ1n) is 6.47. The summed E-state index contributed by atoms with van der Waals surface area (Å²) in [6.07, 6.45) is 0.925. The Morgan fingerprint density at radius 1 is 1.32 bits per heavy atom. The topological polar surface area (TPSA) is 85.4 Å². The maximum atomic E-state index is 13.5. The third kappa shape index (κ3) is 4.69. The zero-order valence-corrected chi connectivity index (χ0v) is 13.1. The lowest BCUT2D eigenvalue weighted by Gasteiger charge is -2.03. The third-order valence-electron chi connectivity index (χ3n) is 2.72. The van der Waals surface area contributed by atoms with Crippen LogP contribution in [0.1, 0.15) is 12.8 Å². The predicted molar refractivity (Wildman–Crippen MR) is 84.3 cm³/mol. The molecule has 0 radical (unpaired) electrons. The van der Waals surface area contributed by atoms with Crippen LogP contribution in [0, 0.1) is 34.4 Å². The molecule has 1 heterocycles. The van der Waals surface area contributed by atoms with E-state index in [0.717, 1.165) is 0 Å². The Hall–Kier alpha value is -2.16. The second-order valence-electron chi connectivity index (χ2n) is 4.31. The summed E-state index contributed by atoms with van der Waals surface area (Å²) in [7, 11) is 0. The van der Waals surface area contributed by atoms with Crippen molar-refractivity contribution in [3.05, 3.63) is 30.1 Å². The predicted octanol–water partition coefficient (Wildman–Crippen LogP) is 3.96. The summed E-state index contributed by atoms with van der Waals surface area (Å²) in [6, 6.07) is 10.6. The number of benzene rings is 1. The van der Waals surface area contributed by atoms with Gasteiger partial charge >= 0.3 is 0 Å². The highest BCUT2D eigenvalue weighted by molar-refractivity contribution is 8.01. The molecule has 0 spiro atoms. The standard InChI is InChI=1S/C14H12FN5S2/c15-11-5-1-2-6-12(11)18-13-19-20-14(22-13)21-9-10(8-17)4-3-7-16/h1-2,5-6,10H,3-4,9H2,(H,18,19). The fourth-order valence-electron chi connectivity index (χ4n) is 1.59. The molecule has 5 nitrogen and oxygen atoms in total. The Bertz CT molecular complexity index is 704. The van der Waals surface area contributed by atoms with E-state index in [1.165, 1.54) is 29.2 Å². The highest BCUT2D eigenvalue weighted by Gasteiger charge is 2.11. The molecule has 0 saturated carbocycles. The Labute approximate surface area is 135 Å². The number of nitrogens with zero attached hydrogens (tertiary/aromatic N) is 4. The maximum Gasteiger partial charge on any atom is 0.210 e. The summed E-state index contributed by atoms with van der Waals surface area (Å²) in [5.41, 5.74) is 0.346. The molecule has 1 unspecified atom stereocenters. The molecule has 1 atom stereocenters. The fourth-order valence-corrected chi connectivity index (χ4v) is 3.44. The van der Waals surface area contributed by atoms with Crippen LogP contribution in [0.2, 0.25) is 0 Å². The normalized spacial score (nSPS) is 11.4. The van der Waals surface area contributed by atoms with E-state index in [4.69, 9.17) is 10.5 Å². The van der Waals surface area contributed by atoms with Crippen LogP contribution in [0.4, 0.5) is 15.2 Å². The molecule has 0 fully saturated rings. The molecule has 0 saturated heterocycles. The van der Waals surface area contributed by atoms with E-state index in [9.17, 15) is 4.39 Å². The van der Waals surface area contributed by atoms with Crippen LogP contribution in [-0.4, -0.2) is 16.0 Å². The molecule has 8 heteroatoms. The number of rotatable bonds is 7. The van der Waals surface area contributed by atoms with Crippen LogP contribution in [0.5, 0.6) is 0 Å². The van der Waals surface area contributed by atoms with Gasteiger partial charge in [0.15, 0.2) is 4.34 Å². The molecule has 1 N–H and O–H groups in total. The molecule has 2 aromatic rings. The summed E-state index contributed by atoms with van der Waals surface area (Å²) in [4.78, 5) is 0. The smallest absolute Gasteiger partial charge is 0.210 e. The zero-order valence-electron chi connectivity index (χ0n) is 11.5. The van der Waals surface area contributed by atoms with Gasteiger partial charge in [-0.15, -0.1) is 10.2 Å². The van der Waals surface area contributed by atoms with E-state index in [-0.39, 0.29) is 11.7 Å². The van der Waals surface area contributed by atoms with Gasteiger partial charge in [0.1, 0.15) is 5.82 Å². The molecule has 0 aliphatic heterocycles. The third-order valence-corrected chi connectivity index (χ3v) is 4.85. The second-order valence-corrected chi connectivity index (χ2v) is 6.56. The van der Waals surface area contributed by atoms with Crippen molar-refractivity contribution >= 4 is 33.9 Å². The van der Waals surface area contributed by atoms with E-state index in [1.807, 2.05) is 6.07 Å². The number of halogens is 1. The van der Waals surface area contributed by atoms with Crippen molar-refractivity contribution in [1.29, 1.82) is 10.5 Å². The lowest BCUT2D eigenvalue weighted by molar-refractivity contribution is 0.632. The van der Waals surface area contributed by atoms with Crippen LogP contribution in [-0.2, 0) is 0 Å². The molecule has 0 aliphatic carbocycles. The van der Waals surface area contributed by atoms with E-state index in [0.29, 0.717) is 33.8 Å². The monoisotopic (exact) mass is 333 g/mol. The lowest BCUT2D eigenvalue weighted by Crippen LogP contribution is -1.99. The SMILES string of the molecule is N#CCCC(C#N)CSc1nnc(Nc2ccccc2F)s1. The molecule has 2 rings (SSSR count). The zero-order chi connectivity index (χ0) is 15.8. The number of nitriles is 2. The van der Waals surface area contributed by atoms with Crippen LogP contribution in [0.15, 0.2) is 28.6 Å². The summed E-state index contributed by atoms with van der Waals surface area (Å²) < 4.78 is 14.2. The minimum Gasteiger partial charge on any atom is -0.328 e. The van der Waals surface area contributed by atoms with Crippen molar-refractivity contribution in [2.45, 2.75) is 17.2 Å². The maximum absolute atomic E-state index is 13.5. The molecule has 0 amide bonds. The first-order chi connectivity index (χ1) is 10.7. The highest BCUT2D eigenvalue weighted by Crippen LogP contribution is 2.30. The minimum atomic E-state index is -0.354. The van der Waals surface area contributed by atoms with Crippen LogP contribution in [0.25, 0.3) is 0 Å². The van der Waals surface area contributed by atoms with E-state index in [2.05, 4.69) is 21.6 Å². The van der Waals surface area contributed by atoms with Crippen molar-refractivity contribution < 1.29 is 4.39 Å². The lowest BCUT2D eigenvalue weighted by atomic mass is 10.1. The molecule has 1 aromatic heterocycles. The Balaban J connectivity index is 1.91. The molecule has 0 bridgehead atoms. The Morgan fingerprint density at radius 3 is 2.86 bits per heavy atom. The summed E-state index contributed by atoms with van der Waals surface area (Å²) in [5.74, 6) is 0.0245. The highest BCUT2D eigenvalue weighted by atomic mass is 32.2. The van der Waals surface area contributed by atoms with Gasteiger partial charge in [-0.05, 0) is 18.6 Å². The van der Waals surface area contributed by atoms with Crippen molar-refractivity contribution in [3.8, 4) is 12.1 Å². The molecular weight excluding hydrogens is 321 g/mol. The van der Waals surface area contributed by atoms with Gasteiger partial charge in [0, 0.05) is 12.2 Å². The van der Waals surface area contributed by atoms with E-state index >= 15 is 0 Å². The number of anilines is 2. The first-order valence-corrected chi connectivity index (χ1v) is 8.27. The summed E-state index contributed by atoms with van der Waals surface area (Å²) in [6.45, 7) is 0. The van der Waals surface area contributed by atoms with Gasteiger partial charge in [0.05, 0.1) is 23.7 Å². The number of aromatic nitrogens is 2. The van der Waals surface area contributed by atoms with Crippen molar-refractivity contribution in [1.82, 2.24) is 10.2 Å². The van der Waals surface area contributed by atoms with E-state index in [1.54, 1.807) is 18.2 Å². The number of thioether (sulfide) groups is 1. The van der Waals surface area contributed by atoms with Gasteiger partial charge in [-0.1, -0.05) is 35.2 Å². The number of hydrogen-bond acceptors (Lipinski definition) is 7. The van der Waals surface area contributed by atoms with Crippen molar-refractivity contribution in [3.63, 3.8) is 0 Å². The van der Waals surface area contributed by atoms with Gasteiger partial charge in [0.25, 0.3) is 0 Å². The molecular formula is C14H12FN5S2. The largest absolute Gasteiger partial charge is 0.328 e. The first kappa shape index (κ1) is 16.2. The number of nitrogens with one attached hydrogen (secondary N) is 1. The van der Waals surface area contributed by atoms with Gasteiger partial charge in [0.2, 0.25) is 5.13 Å². The molecule has 1 aromatic carbocycles. The van der Waals surface area contributed by atoms with Crippen molar-refractivity contribution in [2.75, 3.05) is 11.1 Å². The van der Waals surface area contributed by atoms with Gasteiger partial charge in [-0.3, -0.25) is 0 Å². The van der Waals surface area contributed by atoms with Crippen LogP contribution >= 0.6 is 23.1 Å². The quantitative estimate of drug-likeness (QED) is 0.772. The number of para-hydroxylation sites is 1. The van der Waals surface area contributed by atoms with Crippen molar-refractivity contribution in [2.24, 2.45) is 5.92 Å². The fraction of sp³-hybridized carbons (Fsp3) is 0.286. The molecule has 0 aliphatic rings. The van der Waals surface area contributed by atoms with Gasteiger partial charge in [-0.25, -0.2) is 4.39 Å². The van der Waals surface area contributed by atoms with Crippen LogP contribution in [0.3, 0.4) is 0 Å². The molecule has 112 valence electrons. The second kappa shape index (κ2) is 8.32. The number of hydrogen-bond donors (Lipinski definition) is 1. The average molecular weight is 333 g/mol.